The van der Waals surface area contributed by atoms with Crippen LogP contribution in [0, 0.1) is 0 Å². The van der Waals surface area contributed by atoms with Crippen LogP contribution in [0.5, 0.6) is 0 Å². The van der Waals surface area contributed by atoms with Gasteiger partial charge in [0.05, 0.1) is 4.88 Å². The van der Waals surface area contributed by atoms with Gasteiger partial charge in [0.25, 0.3) is 0 Å². The van der Waals surface area contributed by atoms with E-state index in [4.69, 9.17) is 10.5 Å². The quantitative estimate of drug-likeness (QED) is 0.298. The largest absolute Gasteiger partial charge is 0.455 e. The Morgan fingerprint density at radius 3 is 1.74 bits per heavy atom. The standard InChI is InChI=1S/C24H21NO5S/c25-24(21(27)14-17-8-3-1-4-9-17,22(28)15-18-10-5-2-6-11-18)23(29)30-16-19(26)20-12-7-13-31-20/h1-13H,14-16,25H2. The molecule has 0 atom stereocenters. The molecule has 0 unspecified atom stereocenters. The number of thiophene rings is 1. The summed E-state index contributed by atoms with van der Waals surface area (Å²) in [7, 11) is 0. The molecule has 1 heterocycles. The number of hydrogen-bond acceptors (Lipinski definition) is 7. The molecule has 2 aromatic carbocycles. The number of benzene rings is 2. The topological polar surface area (TPSA) is 104 Å². The van der Waals surface area contributed by atoms with Crippen molar-refractivity contribution in [3.05, 3.63) is 94.2 Å². The first-order valence-electron chi connectivity index (χ1n) is 9.58. The first-order chi connectivity index (χ1) is 14.9. The van der Waals surface area contributed by atoms with E-state index in [0.29, 0.717) is 16.0 Å². The second-order valence-corrected chi connectivity index (χ2v) is 7.90. The lowest BCUT2D eigenvalue weighted by atomic mass is 9.84. The zero-order valence-electron chi connectivity index (χ0n) is 16.7. The van der Waals surface area contributed by atoms with Crippen LogP contribution in [0.25, 0.3) is 0 Å². The van der Waals surface area contributed by atoms with E-state index in [1.165, 1.54) is 11.3 Å². The average Bonchev–Trinajstić information content (AvgIpc) is 3.33. The number of nitrogens with two attached hydrogens (primary N) is 1. The van der Waals surface area contributed by atoms with Crippen LogP contribution in [0.15, 0.2) is 78.2 Å². The third-order valence-electron chi connectivity index (χ3n) is 4.75. The van der Waals surface area contributed by atoms with E-state index >= 15 is 0 Å². The van der Waals surface area contributed by atoms with Gasteiger partial charge < -0.3 is 10.5 Å². The maximum Gasteiger partial charge on any atom is 0.342 e. The summed E-state index contributed by atoms with van der Waals surface area (Å²) in [5.74, 6) is -3.22. The highest BCUT2D eigenvalue weighted by molar-refractivity contribution is 7.12. The summed E-state index contributed by atoms with van der Waals surface area (Å²) in [5, 5.41) is 1.72. The summed E-state index contributed by atoms with van der Waals surface area (Å²) in [5.41, 5.74) is 4.85. The molecule has 0 fully saturated rings. The predicted molar refractivity (Wildman–Crippen MR) is 117 cm³/mol. The highest BCUT2D eigenvalue weighted by Gasteiger charge is 2.49. The summed E-state index contributed by atoms with van der Waals surface area (Å²) >= 11 is 1.20. The number of hydrogen-bond donors (Lipinski definition) is 1. The molecule has 0 saturated carbocycles. The smallest absolute Gasteiger partial charge is 0.342 e. The minimum absolute atomic E-state index is 0.216. The second-order valence-electron chi connectivity index (χ2n) is 6.96. The molecule has 0 saturated heterocycles. The van der Waals surface area contributed by atoms with E-state index in [1.807, 2.05) is 0 Å². The van der Waals surface area contributed by atoms with Crippen molar-refractivity contribution in [2.24, 2.45) is 5.73 Å². The van der Waals surface area contributed by atoms with Gasteiger partial charge >= 0.3 is 5.97 Å². The third-order valence-corrected chi connectivity index (χ3v) is 5.66. The van der Waals surface area contributed by atoms with Crippen LogP contribution in [-0.2, 0) is 32.0 Å². The first kappa shape index (κ1) is 22.3. The van der Waals surface area contributed by atoms with Gasteiger partial charge in [-0.1, -0.05) is 66.7 Å². The van der Waals surface area contributed by atoms with Crippen LogP contribution < -0.4 is 5.73 Å². The van der Waals surface area contributed by atoms with E-state index in [2.05, 4.69) is 0 Å². The predicted octanol–water partition coefficient (Wildman–Crippen LogP) is 2.80. The summed E-state index contributed by atoms with van der Waals surface area (Å²) in [4.78, 5) is 51.6. The number of ether oxygens (including phenoxy) is 1. The van der Waals surface area contributed by atoms with E-state index in [0.717, 1.165) is 0 Å². The van der Waals surface area contributed by atoms with Gasteiger partial charge in [-0.05, 0) is 22.6 Å². The van der Waals surface area contributed by atoms with Gasteiger partial charge in [0.1, 0.15) is 0 Å². The Balaban J connectivity index is 1.81. The third kappa shape index (κ3) is 5.39. The molecular formula is C24H21NO5S. The Kier molecular flexibility index (Phi) is 7.23. The van der Waals surface area contributed by atoms with Crippen molar-refractivity contribution in [2.75, 3.05) is 6.61 Å². The van der Waals surface area contributed by atoms with Crippen molar-refractivity contribution in [1.29, 1.82) is 0 Å². The zero-order valence-corrected chi connectivity index (χ0v) is 17.5. The number of rotatable bonds is 10. The van der Waals surface area contributed by atoms with Crippen LogP contribution in [0.2, 0.25) is 0 Å². The van der Waals surface area contributed by atoms with Crippen molar-refractivity contribution < 1.29 is 23.9 Å². The second kappa shape index (κ2) is 10.1. The number of carbonyl (C=O) groups excluding carboxylic acids is 4. The number of esters is 1. The lowest BCUT2D eigenvalue weighted by molar-refractivity contribution is -0.156. The minimum Gasteiger partial charge on any atom is -0.455 e. The summed E-state index contributed by atoms with van der Waals surface area (Å²) in [6.45, 7) is -0.602. The molecule has 3 aromatic rings. The van der Waals surface area contributed by atoms with E-state index in [9.17, 15) is 19.2 Å². The molecule has 0 radical (unpaired) electrons. The Morgan fingerprint density at radius 1 is 0.774 bits per heavy atom. The molecule has 2 N–H and O–H groups in total. The Morgan fingerprint density at radius 2 is 1.29 bits per heavy atom. The molecule has 0 aliphatic carbocycles. The van der Waals surface area contributed by atoms with Crippen LogP contribution in [-0.4, -0.2) is 35.5 Å². The van der Waals surface area contributed by atoms with Crippen LogP contribution in [0.3, 0.4) is 0 Å². The normalized spacial score (nSPS) is 11.0. The van der Waals surface area contributed by atoms with Gasteiger partial charge in [-0.2, -0.15) is 0 Å². The van der Waals surface area contributed by atoms with Crippen molar-refractivity contribution in [3.63, 3.8) is 0 Å². The molecule has 0 aliphatic heterocycles. The van der Waals surface area contributed by atoms with Crippen molar-refractivity contribution in [1.82, 2.24) is 0 Å². The Labute approximate surface area is 183 Å². The van der Waals surface area contributed by atoms with E-state index in [-0.39, 0.29) is 12.8 Å². The summed E-state index contributed by atoms with van der Waals surface area (Å²) < 4.78 is 5.06. The fourth-order valence-electron chi connectivity index (χ4n) is 2.98. The van der Waals surface area contributed by atoms with E-state index in [1.54, 1.807) is 78.2 Å². The van der Waals surface area contributed by atoms with Crippen LogP contribution in [0.4, 0.5) is 0 Å². The summed E-state index contributed by atoms with van der Waals surface area (Å²) in [6.07, 6.45) is -0.433. The van der Waals surface area contributed by atoms with Crippen molar-refractivity contribution in [2.45, 2.75) is 18.4 Å². The van der Waals surface area contributed by atoms with Crippen molar-refractivity contribution >= 4 is 34.7 Å². The lowest BCUT2D eigenvalue weighted by Gasteiger charge is -2.24. The van der Waals surface area contributed by atoms with E-state index < -0.39 is 35.5 Å². The highest BCUT2D eigenvalue weighted by Crippen LogP contribution is 2.17. The van der Waals surface area contributed by atoms with Crippen molar-refractivity contribution in [3.8, 4) is 0 Å². The molecule has 1 aromatic heterocycles. The molecule has 0 aliphatic rings. The number of Topliss-reactive ketones (excluding diaryl/α,β-unsaturated/α-hetero) is 3. The van der Waals surface area contributed by atoms with Gasteiger partial charge in [-0.25, -0.2) is 4.79 Å². The molecule has 0 amide bonds. The monoisotopic (exact) mass is 435 g/mol. The lowest BCUT2D eigenvalue weighted by Crippen LogP contribution is -2.63. The SMILES string of the molecule is NC(C(=O)Cc1ccccc1)(C(=O)Cc1ccccc1)C(=O)OCC(=O)c1cccs1. The molecule has 0 spiro atoms. The molecule has 0 bridgehead atoms. The van der Waals surface area contributed by atoms with Gasteiger partial charge in [0.2, 0.25) is 11.3 Å². The van der Waals surface area contributed by atoms with Gasteiger partial charge in [-0.3, -0.25) is 14.4 Å². The molecular weight excluding hydrogens is 414 g/mol. The maximum atomic E-state index is 13.1. The van der Waals surface area contributed by atoms with Crippen LogP contribution in [0.1, 0.15) is 20.8 Å². The van der Waals surface area contributed by atoms with Crippen LogP contribution >= 0.6 is 11.3 Å². The zero-order chi connectivity index (χ0) is 22.3. The van der Waals surface area contributed by atoms with Gasteiger partial charge in [0.15, 0.2) is 18.2 Å². The molecule has 7 heteroatoms. The van der Waals surface area contributed by atoms with Gasteiger partial charge in [0, 0.05) is 12.8 Å². The number of ketones is 3. The average molecular weight is 436 g/mol. The molecule has 158 valence electrons. The fourth-order valence-corrected chi connectivity index (χ4v) is 3.63. The molecule has 3 rings (SSSR count). The highest BCUT2D eigenvalue weighted by atomic mass is 32.1. The summed E-state index contributed by atoms with van der Waals surface area (Å²) in [6, 6.07) is 20.6. The first-order valence-corrected chi connectivity index (χ1v) is 10.5. The number of carbonyl (C=O) groups is 4. The minimum atomic E-state index is -2.51. The Bertz CT molecular complexity index is 1010. The Hall–Kier alpha value is -3.42. The maximum absolute atomic E-state index is 13.1. The van der Waals surface area contributed by atoms with Gasteiger partial charge in [-0.15, -0.1) is 11.3 Å². The fraction of sp³-hybridized carbons (Fsp3) is 0.167. The molecule has 31 heavy (non-hydrogen) atoms. The molecule has 6 nitrogen and oxygen atoms in total.